The molecule has 0 saturated heterocycles. The van der Waals surface area contributed by atoms with Crippen LogP contribution in [0.3, 0.4) is 0 Å². The zero-order chi connectivity index (χ0) is 36.6. The molecule has 9 heteroatoms. The Bertz CT molecular complexity index is 1810. The van der Waals surface area contributed by atoms with Gasteiger partial charge in [-0.1, -0.05) is 69.2 Å². The van der Waals surface area contributed by atoms with Gasteiger partial charge in [0, 0.05) is 56.1 Å². The van der Waals surface area contributed by atoms with E-state index in [0.29, 0.717) is 0 Å². The molecule has 0 fully saturated rings. The number of aromatic nitrogens is 8. The van der Waals surface area contributed by atoms with Gasteiger partial charge in [0.2, 0.25) is 0 Å². The summed E-state index contributed by atoms with van der Waals surface area (Å²) in [5.74, 6) is 0. The molecule has 0 aromatic carbocycles. The van der Waals surface area contributed by atoms with Crippen molar-refractivity contribution in [2.75, 3.05) is 0 Å². The molecule has 54 heavy (non-hydrogen) atoms. The van der Waals surface area contributed by atoms with E-state index in [9.17, 15) is 0 Å². The molecule has 0 aliphatic carbocycles. The van der Waals surface area contributed by atoms with Crippen molar-refractivity contribution in [2.24, 2.45) is 0 Å². The van der Waals surface area contributed by atoms with Crippen LogP contribution in [0, 0.1) is 6.92 Å². The maximum atomic E-state index is 4.50. The molecular weight excluding hydrogens is 754 g/mol. The molecule has 276 valence electrons. The van der Waals surface area contributed by atoms with Crippen LogP contribution in [0.4, 0.5) is 0 Å². The van der Waals surface area contributed by atoms with Gasteiger partial charge in [-0.2, -0.15) is 0 Å². The van der Waals surface area contributed by atoms with Crippen molar-refractivity contribution in [3.8, 4) is 34.2 Å². The third-order valence-corrected chi connectivity index (χ3v) is 8.63. The first-order chi connectivity index (χ1) is 26.2. The second kappa shape index (κ2) is 24.9. The Balaban J connectivity index is 0.000000212. The summed E-state index contributed by atoms with van der Waals surface area (Å²) in [6.07, 6.45) is 29.8. The summed E-state index contributed by atoms with van der Waals surface area (Å²) in [4.78, 5) is 29.8. The Morgan fingerprint density at radius 1 is 0.426 bits per heavy atom. The van der Waals surface area contributed by atoms with Gasteiger partial charge in [0.15, 0.2) is 0 Å². The summed E-state index contributed by atoms with van der Waals surface area (Å²) in [7, 11) is 0. The molecule has 0 spiro atoms. The maximum Gasteiger partial charge on any atom is 2.00 e. The van der Waals surface area contributed by atoms with E-state index in [4.69, 9.17) is 0 Å². The number of nitrogens with zero attached hydrogens (tertiary/aromatic N) is 8. The van der Waals surface area contributed by atoms with Crippen molar-refractivity contribution in [2.45, 2.75) is 77.7 Å². The van der Waals surface area contributed by atoms with Gasteiger partial charge in [-0.05, 0) is 110 Å². The van der Waals surface area contributed by atoms with E-state index in [1.807, 2.05) is 110 Å². The van der Waals surface area contributed by atoms with Crippen molar-refractivity contribution in [3.05, 3.63) is 164 Å². The summed E-state index contributed by atoms with van der Waals surface area (Å²) in [6, 6.07) is 31.7. The first kappa shape index (κ1) is 41.5. The minimum absolute atomic E-state index is 0. The fourth-order valence-corrected chi connectivity index (χ4v) is 5.78. The van der Waals surface area contributed by atoms with Crippen LogP contribution >= 0.6 is 0 Å². The van der Waals surface area contributed by atoms with Crippen LogP contribution in [0.5, 0.6) is 0 Å². The number of rotatable bonds is 15. The first-order valence-electron chi connectivity index (χ1n) is 18.7. The molecule has 0 aliphatic rings. The fraction of sp³-hybridized carbons (Fsp3) is 0.267. The van der Waals surface area contributed by atoms with Crippen molar-refractivity contribution in [3.63, 3.8) is 0 Å². The zero-order valence-corrected chi connectivity index (χ0v) is 32.9. The number of hydrogen-bond acceptors (Lipinski definition) is 7. The van der Waals surface area contributed by atoms with Crippen LogP contribution in [0.25, 0.3) is 34.2 Å². The molecule has 0 radical (unpaired) electrons. The van der Waals surface area contributed by atoms with Crippen molar-refractivity contribution < 1.29 is 19.5 Å². The van der Waals surface area contributed by atoms with Crippen LogP contribution in [0.1, 0.15) is 68.9 Å². The van der Waals surface area contributed by atoms with Gasteiger partial charge >= 0.3 is 19.5 Å². The van der Waals surface area contributed by atoms with Crippen LogP contribution in [-0.4, -0.2) is 39.5 Å². The minimum atomic E-state index is 0. The van der Waals surface area contributed by atoms with E-state index in [2.05, 4.69) is 64.6 Å². The Morgan fingerprint density at radius 2 is 0.870 bits per heavy atom. The van der Waals surface area contributed by atoms with Crippen LogP contribution in [-0.2, 0) is 32.4 Å². The fourth-order valence-electron chi connectivity index (χ4n) is 5.78. The summed E-state index contributed by atoms with van der Waals surface area (Å²) in [5, 5.41) is 0. The Kier molecular flexibility index (Phi) is 19.1. The Hall–Kier alpha value is -5.27. The molecule has 0 bridgehead atoms. The molecule has 7 aromatic heterocycles. The molecule has 0 unspecified atom stereocenters. The topological polar surface area (TPSA) is 95.2 Å². The number of aryl methyl sites for hydroxylation is 3. The molecular formula is C45H50N8Ru+2. The van der Waals surface area contributed by atoms with E-state index in [1.165, 1.54) is 68.9 Å². The molecule has 0 atom stereocenters. The number of pyridine rings is 6. The van der Waals surface area contributed by atoms with Crippen LogP contribution < -0.4 is 0 Å². The summed E-state index contributed by atoms with van der Waals surface area (Å²) >= 11 is 0. The summed E-state index contributed by atoms with van der Waals surface area (Å²) < 4.78 is 2.17. The van der Waals surface area contributed by atoms with Gasteiger partial charge in [0.05, 0.1) is 40.5 Å². The molecule has 0 aliphatic heterocycles. The van der Waals surface area contributed by atoms with Gasteiger partial charge in [-0.3, -0.25) is 29.9 Å². The number of hydrogen-bond donors (Lipinski definition) is 0. The van der Waals surface area contributed by atoms with Gasteiger partial charge in [-0.15, -0.1) is 0 Å². The molecule has 7 heterocycles. The van der Waals surface area contributed by atoms with E-state index in [0.717, 1.165) is 47.1 Å². The first-order valence-corrected chi connectivity index (χ1v) is 18.7. The van der Waals surface area contributed by atoms with E-state index < -0.39 is 0 Å². The van der Waals surface area contributed by atoms with Gasteiger partial charge in [-0.25, -0.2) is 4.98 Å². The van der Waals surface area contributed by atoms with Gasteiger partial charge < -0.3 is 4.57 Å². The van der Waals surface area contributed by atoms with Gasteiger partial charge in [0.25, 0.3) is 0 Å². The summed E-state index contributed by atoms with van der Waals surface area (Å²) in [5.41, 5.74) is 8.21. The average Bonchev–Trinajstić information content (AvgIpc) is 3.76. The largest absolute Gasteiger partial charge is 2.00 e. The van der Waals surface area contributed by atoms with Crippen molar-refractivity contribution in [1.29, 1.82) is 0 Å². The molecule has 7 aromatic rings. The average molecular weight is 804 g/mol. The van der Waals surface area contributed by atoms with E-state index in [1.54, 1.807) is 24.8 Å². The molecule has 7 rings (SSSR count). The second-order valence-corrected chi connectivity index (χ2v) is 12.9. The third kappa shape index (κ3) is 15.4. The standard InChI is InChI=1S/C25H34N4.2C10H8N2.Ru/c1-22-12-14-27-24(19-22)25-20-23(13-15-28-25)11-9-7-5-3-2-4-6-8-10-17-29-18-16-26-21-29;2*1-3-7-11-9(5-1)10-6-2-4-8-12-10;/h12-16,18-21H,2-11,17H2,1H3;2*1-8H;/q;;;+2. The van der Waals surface area contributed by atoms with Crippen molar-refractivity contribution in [1.82, 2.24) is 39.5 Å². The summed E-state index contributed by atoms with van der Waals surface area (Å²) in [6.45, 7) is 3.20. The quantitative estimate of drug-likeness (QED) is 0.0752. The second-order valence-electron chi connectivity index (χ2n) is 12.9. The van der Waals surface area contributed by atoms with E-state index >= 15 is 0 Å². The molecule has 0 saturated carbocycles. The maximum absolute atomic E-state index is 4.50. The number of unbranched alkanes of at least 4 members (excludes halogenated alkanes) is 8. The normalized spacial score (nSPS) is 10.2. The van der Waals surface area contributed by atoms with Crippen LogP contribution in [0.15, 0.2) is 153 Å². The predicted octanol–water partition coefficient (Wildman–Crippen LogP) is 10.7. The SMILES string of the molecule is Cc1ccnc(-c2cc(CCCCCCCCCCCn3ccnc3)ccn2)c1.[Ru+2].c1ccc(-c2ccccn2)nc1.c1ccc(-c2ccccn2)nc1. The molecule has 8 nitrogen and oxygen atoms in total. The number of imidazole rings is 1. The van der Waals surface area contributed by atoms with Crippen molar-refractivity contribution >= 4 is 0 Å². The molecule has 0 N–H and O–H groups in total. The monoisotopic (exact) mass is 804 g/mol. The Labute approximate surface area is 333 Å². The third-order valence-electron chi connectivity index (χ3n) is 8.63. The predicted molar refractivity (Wildman–Crippen MR) is 215 cm³/mol. The van der Waals surface area contributed by atoms with Crippen LogP contribution in [0.2, 0.25) is 0 Å². The Morgan fingerprint density at radius 3 is 1.31 bits per heavy atom. The smallest absolute Gasteiger partial charge is 0.337 e. The van der Waals surface area contributed by atoms with Gasteiger partial charge in [0.1, 0.15) is 0 Å². The van der Waals surface area contributed by atoms with E-state index in [-0.39, 0.29) is 19.5 Å². The zero-order valence-electron chi connectivity index (χ0n) is 31.1. The molecule has 0 amide bonds. The minimum Gasteiger partial charge on any atom is -0.337 e.